The number of nitrogens with one attached hydrogen (secondary N) is 2. The molecule has 4 N–H and O–H groups in total. The van der Waals surface area contributed by atoms with E-state index in [4.69, 9.17) is 5.73 Å². The van der Waals surface area contributed by atoms with E-state index in [0.717, 1.165) is 19.6 Å². The Morgan fingerprint density at radius 2 is 1.60 bits per heavy atom. The van der Waals surface area contributed by atoms with Gasteiger partial charge in [-0.2, -0.15) is 0 Å². The topological polar surface area (TPSA) is 87.5 Å². The summed E-state index contributed by atoms with van der Waals surface area (Å²) in [4.78, 5) is 26.1. The fraction of sp³-hybridized carbons (Fsp3) is 0.529. The van der Waals surface area contributed by atoms with Crippen LogP contribution < -0.4 is 16.4 Å². The third kappa shape index (κ3) is 9.07. The number of likely N-dealkylation sites (N-methyl/N-ethyl adjacent to an activating group) is 1. The third-order valence-corrected chi connectivity index (χ3v) is 3.60. The molecular weight excluding hydrogens is 363 g/mol. The minimum Gasteiger partial charge on any atom is -0.351 e. The van der Waals surface area contributed by atoms with Crippen LogP contribution in [-0.2, 0) is 4.79 Å². The van der Waals surface area contributed by atoms with Crippen molar-refractivity contribution in [3.8, 4) is 0 Å². The van der Waals surface area contributed by atoms with E-state index >= 15 is 0 Å². The van der Waals surface area contributed by atoms with Crippen LogP contribution in [0.5, 0.6) is 0 Å². The molecule has 0 heterocycles. The molecule has 1 rings (SSSR count). The lowest BCUT2D eigenvalue weighted by Gasteiger charge is -2.18. The van der Waals surface area contributed by atoms with Crippen LogP contribution >= 0.6 is 24.8 Å². The molecule has 0 bridgehead atoms. The van der Waals surface area contributed by atoms with E-state index in [9.17, 15) is 9.59 Å². The van der Waals surface area contributed by atoms with Crippen molar-refractivity contribution < 1.29 is 9.59 Å². The molecule has 1 aromatic rings. The standard InChI is InChI=1S/C17H28N4O2.2ClH/c1-5-21(6-2)12-11-19-15(22)13-7-9-14(10-8-13)20-16(23)17(3,4)18;;/h7-10H,5-6,11-12,18H2,1-4H3,(H,19,22)(H,20,23);2*1H. The zero-order valence-corrected chi connectivity index (χ0v) is 16.9. The number of halogens is 2. The third-order valence-electron chi connectivity index (χ3n) is 3.60. The number of hydrogen-bond donors (Lipinski definition) is 3. The summed E-state index contributed by atoms with van der Waals surface area (Å²) in [6.45, 7) is 10.9. The molecule has 144 valence electrons. The van der Waals surface area contributed by atoms with Gasteiger partial charge >= 0.3 is 0 Å². The lowest BCUT2D eigenvalue weighted by Crippen LogP contribution is -2.45. The molecule has 0 unspecified atom stereocenters. The lowest BCUT2D eigenvalue weighted by molar-refractivity contribution is -0.120. The van der Waals surface area contributed by atoms with E-state index in [1.807, 2.05) is 0 Å². The van der Waals surface area contributed by atoms with Crippen molar-refractivity contribution in [3.63, 3.8) is 0 Å². The Hall–Kier alpha value is -1.34. The highest BCUT2D eigenvalue weighted by Crippen LogP contribution is 2.11. The average molecular weight is 393 g/mol. The number of nitrogens with zero attached hydrogens (tertiary/aromatic N) is 1. The average Bonchev–Trinajstić information content (AvgIpc) is 2.51. The maximum absolute atomic E-state index is 12.1. The largest absolute Gasteiger partial charge is 0.351 e. The quantitative estimate of drug-likeness (QED) is 0.632. The van der Waals surface area contributed by atoms with Crippen LogP contribution in [0.25, 0.3) is 0 Å². The van der Waals surface area contributed by atoms with Crippen molar-refractivity contribution in [2.24, 2.45) is 5.73 Å². The first-order chi connectivity index (χ1) is 10.8. The molecule has 1 aromatic carbocycles. The first-order valence-electron chi connectivity index (χ1n) is 7.98. The van der Waals surface area contributed by atoms with Crippen molar-refractivity contribution in [3.05, 3.63) is 29.8 Å². The zero-order chi connectivity index (χ0) is 17.5. The molecule has 0 radical (unpaired) electrons. The van der Waals surface area contributed by atoms with Gasteiger partial charge in [0.1, 0.15) is 0 Å². The summed E-state index contributed by atoms with van der Waals surface area (Å²) >= 11 is 0. The Balaban J connectivity index is 0. The van der Waals surface area contributed by atoms with Crippen molar-refractivity contribution >= 4 is 42.3 Å². The van der Waals surface area contributed by atoms with Gasteiger partial charge in [-0.3, -0.25) is 9.59 Å². The van der Waals surface area contributed by atoms with Crippen LogP contribution in [0.1, 0.15) is 38.1 Å². The van der Waals surface area contributed by atoms with Crippen molar-refractivity contribution in [1.82, 2.24) is 10.2 Å². The fourth-order valence-corrected chi connectivity index (χ4v) is 1.97. The first-order valence-corrected chi connectivity index (χ1v) is 7.98. The Labute approximate surface area is 162 Å². The summed E-state index contributed by atoms with van der Waals surface area (Å²) in [5, 5.41) is 5.61. The van der Waals surface area contributed by atoms with Crippen molar-refractivity contribution in [2.75, 3.05) is 31.5 Å². The second kappa shape index (κ2) is 12.1. The van der Waals surface area contributed by atoms with E-state index in [1.54, 1.807) is 38.1 Å². The van der Waals surface area contributed by atoms with Crippen molar-refractivity contribution in [2.45, 2.75) is 33.2 Å². The fourth-order valence-electron chi connectivity index (χ4n) is 1.97. The SMILES string of the molecule is CCN(CC)CCNC(=O)c1ccc(NC(=O)C(C)(C)N)cc1.Cl.Cl. The van der Waals surface area contributed by atoms with Crippen LogP contribution in [0.15, 0.2) is 24.3 Å². The number of carbonyl (C=O) groups is 2. The number of rotatable bonds is 8. The maximum atomic E-state index is 12.1. The molecule has 8 heteroatoms. The van der Waals surface area contributed by atoms with Gasteiger partial charge < -0.3 is 21.3 Å². The minimum atomic E-state index is -0.944. The molecular formula is C17H30Cl2N4O2. The number of nitrogens with two attached hydrogens (primary N) is 1. The van der Waals surface area contributed by atoms with Gasteiger partial charge in [-0.15, -0.1) is 24.8 Å². The summed E-state index contributed by atoms with van der Waals surface area (Å²) in [5.74, 6) is -0.386. The Morgan fingerprint density at radius 3 is 2.04 bits per heavy atom. The Bertz CT molecular complexity index is 526. The summed E-state index contributed by atoms with van der Waals surface area (Å²) in [6, 6.07) is 6.77. The van der Waals surface area contributed by atoms with E-state index in [1.165, 1.54) is 0 Å². The molecule has 0 aromatic heterocycles. The maximum Gasteiger partial charge on any atom is 0.251 e. The number of amides is 2. The van der Waals surface area contributed by atoms with Crippen LogP contribution in [-0.4, -0.2) is 48.4 Å². The minimum absolute atomic E-state index is 0. The predicted molar refractivity (Wildman–Crippen MR) is 108 cm³/mol. The molecule has 25 heavy (non-hydrogen) atoms. The lowest BCUT2D eigenvalue weighted by atomic mass is 10.1. The molecule has 2 amide bonds. The van der Waals surface area contributed by atoms with E-state index in [2.05, 4.69) is 29.4 Å². The molecule has 0 atom stereocenters. The van der Waals surface area contributed by atoms with Gasteiger partial charge in [0.2, 0.25) is 5.91 Å². The molecule has 0 aliphatic rings. The number of anilines is 1. The summed E-state index contributed by atoms with van der Waals surface area (Å²) in [6.07, 6.45) is 0. The van der Waals surface area contributed by atoms with Gasteiger partial charge in [0.15, 0.2) is 0 Å². The molecule has 6 nitrogen and oxygen atoms in total. The van der Waals surface area contributed by atoms with E-state index < -0.39 is 5.54 Å². The first kappa shape index (κ1) is 25.9. The highest BCUT2D eigenvalue weighted by molar-refractivity contribution is 5.98. The van der Waals surface area contributed by atoms with E-state index in [-0.39, 0.29) is 36.6 Å². The Morgan fingerprint density at radius 1 is 1.08 bits per heavy atom. The number of hydrogen-bond acceptors (Lipinski definition) is 4. The molecule has 0 aliphatic heterocycles. The number of carbonyl (C=O) groups excluding carboxylic acids is 2. The summed E-state index contributed by atoms with van der Waals surface area (Å²) in [7, 11) is 0. The number of benzene rings is 1. The second-order valence-corrected chi connectivity index (χ2v) is 6.04. The van der Waals surface area contributed by atoms with Crippen LogP contribution in [0.3, 0.4) is 0 Å². The smallest absolute Gasteiger partial charge is 0.251 e. The molecule has 0 fully saturated rings. The molecule has 0 spiro atoms. The molecule has 0 aliphatic carbocycles. The summed E-state index contributed by atoms with van der Waals surface area (Å²) in [5.41, 5.74) is 5.97. The zero-order valence-electron chi connectivity index (χ0n) is 15.3. The highest BCUT2D eigenvalue weighted by Gasteiger charge is 2.21. The Kier molecular flexibility index (Phi) is 12.5. The van der Waals surface area contributed by atoms with Crippen LogP contribution in [0, 0.1) is 0 Å². The van der Waals surface area contributed by atoms with Gasteiger partial charge in [0, 0.05) is 24.3 Å². The molecule has 0 saturated carbocycles. The van der Waals surface area contributed by atoms with Gasteiger partial charge in [0.05, 0.1) is 5.54 Å². The second-order valence-electron chi connectivity index (χ2n) is 6.04. The highest BCUT2D eigenvalue weighted by atomic mass is 35.5. The van der Waals surface area contributed by atoms with Crippen LogP contribution in [0.4, 0.5) is 5.69 Å². The van der Waals surface area contributed by atoms with Crippen molar-refractivity contribution in [1.29, 1.82) is 0 Å². The van der Waals surface area contributed by atoms with Gasteiger partial charge in [-0.1, -0.05) is 13.8 Å². The van der Waals surface area contributed by atoms with Gasteiger partial charge in [-0.05, 0) is 51.2 Å². The molecule has 0 saturated heterocycles. The van der Waals surface area contributed by atoms with Crippen LogP contribution in [0.2, 0.25) is 0 Å². The monoisotopic (exact) mass is 392 g/mol. The normalized spacial score (nSPS) is 10.5. The van der Waals surface area contributed by atoms with Gasteiger partial charge in [-0.25, -0.2) is 0 Å². The predicted octanol–water partition coefficient (Wildman–Crippen LogP) is 2.28. The summed E-state index contributed by atoms with van der Waals surface area (Å²) < 4.78 is 0. The van der Waals surface area contributed by atoms with E-state index in [0.29, 0.717) is 17.8 Å². The van der Waals surface area contributed by atoms with Gasteiger partial charge in [0.25, 0.3) is 5.91 Å².